The summed E-state index contributed by atoms with van der Waals surface area (Å²) >= 11 is 0. The summed E-state index contributed by atoms with van der Waals surface area (Å²) in [5.74, 6) is 0.160. The molecule has 15 heavy (non-hydrogen) atoms. The van der Waals surface area contributed by atoms with Gasteiger partial charge in [-0.05, 0) is 39.4 Å². The van der Waals surface area contributed by atoms with E-state index in [0.717, 1.165) is 32.4 Å². The third kappa shape index (κ3) is 5.46. The molecule has 0 aromatic heterocycles. The molecule has 0 radical (unpaired) electrons. The lowest BCUT2D eigenvalue weighted by molar-refractivity contribution is 0.480. The second-order valence-corrected chi connectivity index (χ2v) is 5.90. The first-order valence-corrected chi connectivity index (χ1v) is 7.14. The SMILES string of the molecule is CNS(=O)(=O)CCNC1CCCNCC1. The number of nitrogens with one attached hydrogen (secondary N) is 3. The van der Waals surface area contributed by atoms with Crippen LogP contribution in [0.5, 0.6) is 0 Å². The van der Waals surface area contributed by atoms with Crippen LogP contribution in [0.1, 0.15) is 19.3 Å². The Morgan fingerprint density at radius 3 is 2.87 bits per heavy atom. The first kappa shape index (κ1) is 12.9. The van der Waals surface area contributed by atoms with Crippen molar-refractivity contribution >= 4 is 10.0 Å². The quantitative estimate of drug-likeness (QED) is 0.587. The molecule has 0 saturated carbocycles. The number of hydrogen-bond acceptors (Lipinski definition) is 4. The first-order valence-electron chi connectivity index (χ1n) is 5.49. The molecule has 5 nitrogen and oxygen atoms in total. The maximum atomic E-state index is 11.1. The van der Waals surface area contributed by atoms with Gasteiger partial charge < -0.3 is 10.6 Å². The van der Waals surface area contributed by atoms with E-state index in [9.17, 15) is 8.42 Å². The van der Waals surface area contributed by atoms with Crippen LogP contribution in [0.3, 0.4) is 0 Å². The van der Waals surface area contributed by atoms with Gasteiger partial charge in [0.2, 0.25) is 10.0 Å². The Kier molecular flexibility index (Phi) is 5.52. The molecule has 1 rings (SSSR count). The molecule has 1 saturated heterocycles. The van der Waals surface area contributed by atoms with Crippen LogP contribution in [0.2, 0.25) is 0 Å². The summed E-state index contributed by atoms with van der Waals surface area (Å²) in [6.45, 7) is 2.64. The standard InChI is InChI=1S/C9H21N3O2S/c1-10-15(13,14)8-7-12-9-3-2-5-11-6-4-9/h9-12H,2-8H2,1H3. The molecule has 1 fully saturated rings. The smallest absolute Gasteiger partial charge is 0.212 e. The van der Waals surface area contributed by atoms with Crippen LogP contribution in [-0.2, 0) is 10.0 Å². The monoisotopic (exact) mass is 235 g/mol. The highest BCUT2D eigenvalue weighted by molar-refractivity contribution is 7.89. The van der Waals surface area contributed by atoms with Crippen LogP contribution in [0.25, 0.3) is 0 Å². The van der Waals surface area contributed by atoms with Gasteiger partial charge in [-0.15, -0.1) is 0 Å². The maximum absolute atomic E-state index is 11.1. The highest BCUT2D eigenvalue weighted by atomic mass is 32.2. The second-order valence-electron chi connectivity index (χ2n) is 3.85. The lowest BCUT2D eigenvalue weighted by atomic mass is 10.1. The van der Waals surface area contributed by atoms with Crippen molar-refractivity contribution in [3.05, 3.63) is 0 Å². The van der Waals surface area contributed by atoms with Gasteiger partial charge in [0.25, 0.3) is 0 Å². The van der Waals surface area contributed by atoms with Crippen molar-refractivity contribution < 1.29 is 8.42 Å². The molecular weight excluding hydrogens is 214 g/mol. The van der Waals surface area contributed by atoms with E-state index in [4.69, 9.17) is 0 Å². The van der Waals surface area contributed by atoms with Gasteiger partial charge in [-0.3, -0.25) is 0 Å². The van der Waals surface area contributed by atoms with Gasteiger partial charge in [-0.1, -0.05) is 0 Å². The van der Waals surface area contributed by atoms with Gasteiger partial charge in [0.15, 0.2) is 0 Å². The zero-order valence-electron chi connectivity index (χ0n) is 9.25. The lowest BCUT2D eigenvalue weighted by Crippen LogP contribution is -2.36. The Balaban J connectivity index is 2.18. The third-order valence-corrected chi connectivity index (χ3v) is 4.05. The van der Waals surface area contributed by atoms with Gasteiger partial charge in [0, 0.05) is 12.6 Å². The van der Waals surface area contributed by atoms with E-state index < -0.39 is 10.0 Å². The van der Waals surface area contributed by atoms with Crippen LogP contribution < -0.4 is 15.4 Å². The molecule has 6 heteroatoms. The van der Waals surface area contributed by atoms with Crippen LogP contribution >= 0.6 is 0 Å². The fraction of sp³-hybridized carbons (Fsp3) is 1.00. The van der Waals surface area contributed by atoms with Crippen molar-refractivity contribution in [3.63, 3.8) is 0 Å². The summed E-state index contributed by atoms with van der Waals surface area (Å²) in [5.41, 5.74) is 0. The highest BCUT2D eigenvalue weighted by Crippen LogP contribution is 2.04. The average molecular weight is 235 g/mol. The van der Waals surface area contributed by atoms with E-state index in [1.54, 1.807) is 0 Å². The summed E-state index contributed by atoms with van der Waals surface area (Å²) in [7, 11) is -1.61. The van der Waals surface area contributed by atoms with Crippen molar-refractivity contribution in [2.45, 2.75) is 25.3 Å². The predicted molar refractivity (Wildman–Crippen MR) is 61.4 cm³/mol. The minimum absolute atomic E-state index is 0.160. The normalized spacial score (nSPS) is 23.7. The van der Waals surface area contributed by atoms with Crippen molar-refractivity contribution in [1.29, 1.82) is 0 Å². The Hall–Kier alpha value is -0.170. The van der Waals surface area contributed by atoms with Crippen LogP contribution in [0, 0.1) is 0 Å². The van der Waals surface area contributed by atoms with Gasteiger partial charge >= 0.3 is 0 Å². The molecule has 0 aliphatic carbocycles. The summed E-state index contributed by atoms with van der Waals surface area (Å²) in [6.07, 6.45) is 3.38. The molecule has 1 aliphatic rings. The lowest BCUT2D eigenvalue weighted by Gasteiger charge is -2.15. The van der Waals surface area contributed by atoms with E-state index in [1.165, 1.54) is 7.05 Å². The molecule has 1 heterocycles. The fourth-order valence-corrected chi connectivity index (χ4v) is 2.31. The number of hydrogen-bond donors (Lipinski definition) is 3. The highest BCUT2D eigenvalue weighted by Gasteiger charge is 2.12. The Bertz CT molecular complexity index is 259. The molecule has 1 aliphatic heterocycles. The zero-order valence-corrected chi connectivity index (χ0v) is 10.1. The minimum Gasteiger partial charge on any atom is -0.317 e. The molecule has 3 N–H and O–H groups in total. The van der Waals surface area contributed by atoms with E-state index in [1.807, 2.05) is 0 Å². The zero-order chi connectivity index (χ0) is 11.1. The Morgan fingerprint density at radius 1 is 1.33 bits per heavy atom. The molecule has 0 amide bonds. The number of sulfonamides is 1. The van der Waals surface area contributed by atoms with Crippen LogP contribution in [-0.4, -0.2) is 46.9 Å². The van der Waals surface area contributed by atoms with Gasteiger partial charge in [0.05, 0.1) is 5.75 Å². The molecule has 1 unspecified atom stereocenters. The molecule has 0 spiro atoms. The van der Waals surface area contributed by atoms with Crippen molar-refractivity contribution in [2.24, 2.45) is 0 Å². The largest absolute Gasteiger partial charge is 0.317 e. The van der Waals surface area contributed by atoms with Gasteiger partial charge in [-0.2, -0.15) is 0 Å². The fourth-order valence-electron chi connectivity index (χ4n) is 1.72. The van der Waals surface area contributed by atoms with Crippen LogP contribution in [0.15, 0.2) is 0 Å². The van der Waals surface area contributed by atoms with E-state index in [2.05, 4.69) is 15.4 Å². The Morgan fingerprint density at radius 2 is 2.13 bits per heavy atom. The maximum Gasteiger partial charge on any atom is 0.212 e. The predicted octanol–water partition coefficient (Wildman–Crippen LogP) is -0.733. The molecular formula is C9H21N3O2S. The molecule has 90 valence electrons. The molecule has 0 bridgehead atoms. The first-order chi connectivity index (χ1) is 7.14. The van der Waals surface area contributed by atoms with E-state index in [-0.39, 0.29) is 5.75 Å². The van der Waals surface area contributed by atoms with Gasteiger partial charge in [-0.25, -0.2) is 13.1 Å². The summed E-state index contributed by atoms with van der Waals surface area (Å²) in [5, 5.41) is 6.62. The van der Waals surface area contributed by atoms with E-state index >= 15 is 0 Å². The summed E-state index contributed by atoms with van der Waals surface area (Å²) in [6, 6.07) is 0.465. The molecule has 0 aromatic carbocycles. The van der Waals surface area contributed by atoms with E-state index in [0.29, 0.717) is 12.6 Å². The molecule has 1 atom stereocenters. The molecule has 0 aromatic rings. The summed E-state index contributed by atoms with van der Waals surface area (Å²) in [4.78, 5) is 0. The third-order valence-electron chi connectivity index (χ3n) is 2.69. The number of rotatable bonds is 5. The Labute approximate surface area is 92.1 Å². The second kappa shape index (κ2) is 6.42. The van der Waals surface area contributed by atoms with Crippen LogP contribution in [0.4, 0.5) is 0 Å². The topological polar surface area (TPSA) is 70.2 Å². The van der Waals surface area contributed by atoms with Crippen molar-refractivity contribution in [2.75, 3.05) is 32.4 Å². The minimum atomic E-state index is -3.06. The van der Waals surface area contributed by atoms with Gasteiger partial charge in [0.1, 0.15) is 0 Å². The summed E-state index contributed by atoms with van der Waals surface area (Å²) < 4.78 is 24.6. The van der Waals surface area contributed by atoms with Crippen molar-refractivity contribution in [1.82, 2.24) is 15.4 Å². The average Bonchev–Trinajstić information content (AvgIpc) is 2.46. The van der Waals surface area contributed by atoms with Crippen molar-refractivity contribution in [3.8, 4) is 0 Å².